The molecule has 284 valence electrons. The third-order valence-electron chi connectivity index (χ3n) is 12.8. The van der Waals surface area contributed by atoms with Crippen LogP contribution in [-0.2, 0) is 5.41 Å². The molecular formula is C59H38N2. The molecule has 0 aliphatic heterocycles. The first-order chi connectivity index (χ1) is 30.2. The van der Waals surface area contributed by atoms with Crippen LogP contribution in [0.15, 0.2) is 231 Å². The van der Waals surface area contributed by atoms with Gasteiger partial charge in [-0.1, -0.05) is 212 Å². The smallest absolute Gasteiger partial charge is 0.161 e. The molecule has 0 bridgehead atoms. The highest BCUT2D eigenvalue weighted by atomic mass is 14.9. The largest absolute Gasteiger partial charge is 0.228 e. The van der Waals surface area contributed by atoms with E-state index in [1.54, 1.807) is 0 Å². The molecule has 1 aliphatic rings. The van der Waals surface area contributed by atoms with Gasteiger partial charge >= 0.3 is 0 Å². The monoisotopic (exact) mass is 774 g/mol. The molecule has 1 aromatic heterocycles. The Morgan fingerprint density at radius 1 is 0.279 bits per heavy atom. The fourth-order valence-electron chi connectivity index (χ4n) is 10.0. The summed E-state index contributed by atoms with van der Waals surface area (Å²) < 4.78 is 0. The van der Waals surface area contributed by atoms with Gasteiger partial charge in [-0.05, 0) is 95.0 Å². The molecule has 0 saturated heterocycles. The maximum atomic E-state index is 5.41. The highest BCUT2D eigenvalue weighted by molar-refractivity contribution is 6.06. The zero-order chi connectivity index (χ0) is 40.3. The summed E-state index contributed by atoms with van der Waals surface area (Å²) in [7, 11) is 0. The minimum Gasteiger partial charge on any atom is -0.228 e. The number of hydrogen-bond donors (Lipinski definition) is 0. The quantitative estimate of drug-likeness (QED) is 0.168. The zero-order valence-corrected chi connectivity index (χ0v) is 33.3. The molecule has 0 amide bonds. The Morgan fingerprint density at radius 3 is 1.61 bits per heavy atom. The first kappa shape index (κ1) is 35.0. The SMILES string of the molecule is c1ccc(C2(c3ccccc3)c3ccccc3-c3ccc(-c4ccc(-c5cc(-c6ccc7ccccc7c6)nc(-c6cccc7ccccc67)n5)c5ccccc45)cc32)cc1. The summed E-state index contributed by atoms with van der Waals surface area (Å²) in [5.41, 5.74) is 14.5. The molecule has 0 N–H and O–H groups in total. The second-order valence-electron chi connectivity index (χ2n) is 16.0. The summed E-state index contributed by atoms with van der Waals surface area (Å²) in [5, 5.41) is 7.01. The summed E-state index contributed by atoms with van der Waals surface area (Å²) in [5.74, 6) is 0.710. The molecule has 0 saturated carbocycles. The van der Waals surface area contributed by atoms with Crippen molar-refractivity contribution in [2.75, 3.05) is 0 Å². The Hall–Kier alpha value is -7.94. The van der Waals surface area contributed by atoms with Crippen LogP contribution in [-0.4, -0.2) is 9.97 Å². The van der Waals surface area contributed by atoms with Crippen molar-refractivity contribution in [3.05, 3.63) is 253 Å². The Balaban J connectivity index is 1.07. The van der Waals surface area contributed by atoms with Crippen molar-refractivity contribution >= 4 is 32.3 Å². The number of aromatic nitrogens is 2. The standard InChI is InChI=1S/C59H38N2/c1-3-20-44(21-4-1)59(45-22-5-2-6-23-45)54-29-14-13-27-50(54)51-33-32-42(37-55(51)59)47-34-35-52(49-26-12-11-25-48(47)49)57-38-56(43-31-30-39-16-7-8-18-41(39)36-43)60-58(61-57)53-28-15-19-40-17-9-10-24-46(40)53/h1-38H. The van der Waals surface area contributed by atoms with Crippen molar-refractivity contribution in [3.8, 4) is 56.2 Å². The molecule has 1 aliphatic carbocycles. The van der Waals surface area contributed by atoms with Gasteiger partial charge in [0.2, 0.25) is 0 Å². The molecule has 12 rings (SSSR count). The molecule has 0 unspecified atom stereocenters. The Morgan fingerprint density at radius 2 is 0.820 bits per heavy atom. The zero-order valence-electron chi connectivity index (χ0n) is 33.3. The van der Waals surface area contributed by atoms with E-state index in [9.17, 15) is 0 Å². The molecule has 2 nitrogen and oxygen atoms in total. The minimum absolute atomic E-state index is 0.474. The molecule has 0 fully saturated rings. The lowest BCUT2D eigenvalue weighted by atomic mass is 9.67. The van der Waals surface area contributed by atoms with Crippen LogP contribution < -0.4 is 0 Å². The minimum atomic E-state index is -0.474. The van der Waals surface area contributed by atoms with Crippen LogP contribution in [0.25, 0.3) is 88.5 Å². The van der Waals surface area contributed by atoms with Gasteiger partial charge in [0, 0.05) is 16.7 Å². The van der Waals surface area contributed by atoms with Crippen molar-refractivity contribution < 1.29 is 0 Å². The van der Waals surface area contributed by atoms with Crippen LogP contribution in [0.1, 0.15) is 22.3 Å². The number of benzene rings is 10. The Labute approximate surface area is 355 Å². The predicted molar refractivity (Wildman–Crippen MR) is 254 cm³/mol. The maximum Gasteiger partial charge on any atom is 0.161 e. The van der Waals surface area contributed by atoms with Crippen molar-refractivity contribution in [3.63, 3.8) is 0 Å². The molecule has 0 radical (unpaired) electrons. The highest BCUT2D eigenvalue weighted by Gasteiger charge is 2.46. The van der Waals surface area contributed by atoms with Gasteiger partial charge in [-0.15, -0.1) is 0 Å². The van der Waals surface area contributed by atoms with E-state index in [0.717, 1.165) is 44.2 Å². The lowest BCUT2D eigenvalue weighted by Gasteiger charge is -2.34. The Bertz CT molecular complexity index is 3430. The van der Waals surface area contributed by atoms with Crippen LogP contribution in [0.5, 0.6) is 0 Å². The van der Waals surface area contributed by atoms with E-state index in [4.69, 9.17) is 9.97 Å². The van der Waals surface area contributed by atoms with Gasteiger partial charge in [-0.25, -0.2) is 9.97 Å². The van der Waals surface area contributed by atoms with Gasteiger partial charge in [0.25, 0.3) is 0 Å². The summed E-state index contributed by atoms with van der Waals surface area (Å²) in [4.78, 5) is 10.7. The second kappa shape index (κ2) is 14.1. The average molecular weight is 775 g/mol. The lowest BCUT2D eigenvalue weighted by Crippen LogP contribution is -2.28. The third-order valence-corrected chi connectivity index (χ3v) is 12.8. The summed E-state index contributed by atoms with van der Waals surface area (Å²) in [6.45, 7) is 0. The van der Waals surface area contributed by atoms with E-state index in [0.29, 0.717) is 5.82 Å². The molecular weight excluding hydrogens is 737 g/mol. The number of rotatable bonds is 6. The summed E-state index contributed by atoms with van der Waals surface area (Å²) >= 11 is 0. The topological polar surface area (TPSA) is 25.8 Å². The molecule has 11 aromatic rings. The molecule has 10 aromatic carbocycles. The lowest BCUT2D eigenvalue weighted by molar-refractivity contribution is 0.769. The molecule has 61 heavy (non-hydrogen) atoms. The van der Waals surface area contributed by atoms with Gasteiger partial charge in [-0.3, -0.25) is 0 Å². The van der Waals surface area contributed by atoms with Crippen LogP contribution in [0, 0.1) is 0 Å². The van der Waals surface area contributed by atoms with Gasteiger partial charge in [-0.2, -0.15) is 0 Å². The molecule has 2 heteroatoms. The molecule has 0 atom stereocenters. The van der Waals surface area contributed by atoms with Crippen molar-refractivity contribution in [2.45, 2.75) is 5.41 Å². The number of fused-ring (bicyclic) bond motifs is 6. The van der Waals surface area contributed by atoms with Gasteiger partial charge < -0.3 is 0 Å². The summed E-state index contributed by atoms with van der Waals surface area (Å²) in [6, 6.07) is 83.6. The number of hydrogen-bond acceptors (Lipinski definition) is 2. The second-order valence-corrected chi connectivity index (χ2v) is 16.0. The maximum absolute atomic E-state index is 5.41. The van der Waals surface area contributed by atoms with E-state index in [-0.39, 0.29) is 0 Å². The fraction of sp³-hybridized carbons (Fsp3) is 0.0169. The van der Waals surface area contributed by atoms with Crippen molar-refractivity contribution in [2.24, 2.45) is 0 Å². The van der Waals surface area contributed by atoms with Crippen LogP contribution >= 0.6 is 0 Å². The molecule has 0 spiro atoms. The van der Waals surface area contributed by atoms with E-state index >= 15 is 0 Å². The van der Waals surface area contributed by atoms with Crippen molar-refractivity contribution in [1.82, 2.24) is 9.97 Å². The Kier molecular flexibility index (Phi) is 8.11. The van der Waals surface area contributed by atoms with Gasteiger partial charge in [0.15, 0.2) is 5.82 Å². The van der Waals surface area contributed by atoms with Gasteiger partial charge in [0.1, 0.15) is 0 Å². The molecule has 1 heterocycles. The van der Waals surface area contributed by atoms with E-state index in [1.165, 1.54) is 60.7 Å². The first-order valence-electron chi connectivity index (χ1n) is 21.0. The van der Waals surface area contributed by atoms with Crippen molar-refractivity contribution in [1.29, 1.82) is 0 Å². The van der Waals surface area contributed by atoms with Crippen LogP contribution in [0.3, 0.4) is 0 Å². The first-order valence-corrected chi connectivity index (χ1v) is 21.0. The highest BCUT2D eigenvalue weighted by Crippen LogP contribution is 2.57. The van der Waals surface area contributed by atoms with E-state index < -0.39 is 5.41 Å². The average Bonchev–Trinajstić information content (AvgIpc) is 3.64. The summed E-state index contributed by atoms with van der Waals surface area (Å²) in [6.07, 6.45) is 0. The normalized spacial score (nSPS) is 12.7. The van der Waals surface area contributed by atoms with E-state index in [2.05, 4.69) is 231 Å². The third kappa shape index (κ3) is 5.57. The van der Waals surface area contributed by atoms with Gasteiger partial charge in [0.05, 0.1) is 16.8 Å². The number of nitrogens with zero attached hydrogens (tertiary/aromatic N) is 2. The fourth-order valence-corrected chi connectivity index (χ4v) is 10.0. The van der Waals surface area contributed by atoms with Crippen LogP contribution in [0.2, 0.25) is 0 Å². The van der Waals surface area contributed by atoms with E-state index in [1.807, 2.05) is 0 Å². The predicted octanol–water partition coefficient (Wildman–Crippen LogP) is 15.0. The van der Waals surface area contributed by atoms with Crippen LogP contribution in [0.4, 0.5) is 0 Å².